The number of benzene rings is 2. The third-order valence-corrected chi connectivity index (χ3v) is 4.91. The first-order valence-corrected chi connectivity index (χ1v) is 11.3. The number of nitrogens with zero attached hydrogens (tertiary/aromatic N) is 1. The zero-order chi connectivity index (χ0) is 23.3. The van der Waals surface area contributed by atoms with Crippen LogP contribution in [0.25, 0.3) is 5.70 Å². The van der Waals surface area contributed by atoms with E-state index in [4.69, 9.17) is 0 Å². The molecule has 30 heavy (non-hydrogen) atoms. The molecule has 2 aromatic rings. The Hall–Kier alpha value is -2.28. The van der Waals surface area contributed by atoms with Crippen LogP contribution in [-0.2, 0) is 0 Å². The van der Waals surface area contributed by atoms with Crippen LogP contribution in [-0.4, -0.2) is 0 Å². The summed E-state index contributed by atoms with van der Waals surface area (Å²) in [5, 5.41) is 0. The van der Waals surface area contributed by atoms with Crippen LogP contribution in [0.4, 0.5) is 5.69 Å². The molecule has 1 heteroatoms. The molecule has 0 bridgehead atoms. The van der Waals surface area contributed by atoms with E-state index in [-0.39, 0.29) is 0 Å². The summed E-state index contributed by atoms with van der Waals surface area (Å²) in [5.41, 5.74) is 7.16. The van der Waals surface area contributed by atoms with Crippen LogP contribution in [0.3, 0.4) is 0 Å². The number of aryl methyl sites for hydroxylation is 3. The van der Waals surface area contributed by atoms with Crippen molar-refractivity contribution in [3.05, 3.63) is 83.6 Å². The first-order chi connectivity index (χ1) is 14.1. The van der Waals surface area contributed by atoms with E-state index in [0.717, 1.165) is 23.1 Å². The van der Waals surface area contributed by atoms with Gasteiger partial charge in [-0.3, -0.25) is 0 Å². The molecular weight excluding hydrogens is 362 g/mol. The molecule has 0 fully saturated rings. The zero-order valence-corrected chi connectivity index (χ0v) is 21.2. The van der Waals surface area contributed by atoms with Crippen molar-refractivity contribution >= 4 is 11.4 Å². The molecule has 0 atom stereocenters. The lowest BCUT2D eigenvalue weighted by atomic mass is 10.0. The van der Waals surface area contributed by atoms with Gasteiger partial charge in [0.25, 0.3) is 0 Å². The second-order valence-electron chi connectivity index (χ2n) is 8.61. The first-order valence-electron chi connectivity index (χ1n) is 11.3. The van der Waals surface area contributed by atoms with Gasteiger partial charge in [-0.15, -0.1) is 0 Å². The second kappa shape index (κ2) is 14.7. The van der Waals surface area contributed by atoms with Gasteiger partial charge in [-0.25, -0.2) is 0 Å². The van der Waals surface area contributed by atoms with Crippen molar-refractivity contribution in [3.8, 4) is 0 Å². The molecule has 1 nitrogen and oxygen atoms in total. The Bertz CT molecular complexity index is 737. The summed E-state index contributed by atoms with van der Waals surface area (Å²) in [6.07, 6.45) is 5.38. The minimum absolute atomic E-state index is 0.852. The number of anilines is 1. The molecule has 0 N–H and O–H groups in total. The lowest BCUT2D eigenvalue weighted by Gasteiger charge is -2.27. The van der Waals surface area contributed by atoms with Crippen LogP contribution in [0.2, 0.25) is 0 Å². The quantitative estimate of drug-likeness (QED) is 0.477. The molecule has 0 saturated carbocycles. The Labute approximate surface area is 187 Å². The van der Waals surface area contributed by atoms with Gasteiger partial charge < -0.3 is 4.90 Å². The van der Waals surface area contributed by atoms with E-state index in [2.05, 4.69) is 104 Å². The highest BCUT2D eigenvalue weighted by molar-refractivity contribution is 5.82. The van der Waals surface area contributed by atoms with E-state index >= 15 is 0 Å². The highest BCUT2D eigenvalue weighted by atomic mass is 15.1. The van der Waals surface area contributed by atoms with E-state index in [9.17, 15) is 0 Å². The van der Waals surface area contributed by atoms with E-state index < -0.39 is 0 Å². The molecule has 0 heterocycles. The summed E-state index contributed by atoms with van der Waals surface area (Å²) >= 11 is 0. The van der Waals surface area contributed by atoms with Gasteiger partial charge in [0, 0.05) is 11.9 Å². The SMILES string of the molecule is C=C(c1ccccc1)N(/C=C\C)c1c(C)cc(C)cc1C.CC(C)C(C)C.CCC. The van der Waals surface area contributed by atoms with Gasteiger partial charge in [0.1, 0.15) is 0 Å². The van der Waals surface area contributed by atoms with Gasteiger partial charge in [0.15, 0.2) is 0 Å². The fraction of sp³-hybridized carbons (Fsp3) is 0.448. The monoisotopic (exact) mass is 407 g/mol. The molecule has 2 rings (SSSR count). The fourth-order valence-electron chi connectivity index (χ4n) is 2.77. The maximum absolute atomic E-state index is 4.30. The first kappa shape index (κ1) is 27.7. The van der Waals surface area contributed by atoms with Crippen molar-refractivity contribution in [2.45, 2.75) is 75.7 Å². The molecule has 0 saturated heterocycles. The summed E-state index contributed by atoms with van der Waals surface area (Å²) < 4.78 is 0. The molecular formula is C29H45N. The Kier molecular flexibility index (Phi) is 13.5. The molecule has 0 aliphatic heterocycles. The molecule has 166 valence electrons. The van der Waals surface area contributed by atoms with Crippen molar-refractivity contribution in [1.82, 2.24) is 0 Å². The van der Waals surface area contributed by atoms with Crippen molar-refractivity contribution in [3.63, 3.8) is 0 Å². The van der Waals surface area contributed by atoms with Crippen molar-refractivity contribution in [1.29, 1.82) is 0 Å². The highest BCUT2D eigenvalue weighted by Crippen LogP contribution is 2.32. The number of hydrogen-bond acceptors (Lipinski definition) is 1. The van der Waals surface area contributed by atoms with Gasteiger partial charge in [0.2, 0.25) is 0 Å². The van der Waals surface area contributed by atoms with Crippen LogP contribution in [0.15, 0.2) is 61.3 Å². The van der Waals surface area contributed by atoms with Gasteiger partial charge in [-0.05, 0) is 56.2 Å². The molecule has 0 radical (unpaired) electrons. The summed E-state index contributed by atoms with van der Waals surface area (Å²) in [7, 11) is 0. The minimum atomic E-state index is 0.852. The molecule has 0 unspecified atom stereocenters. The molecule has 0 aromatic heterocycles. The summed E-state index contributed by atoms with van der Waals surface area (Å²) in [6.45, 7) is 26.0. The fourth-order valence-corrected chi connectivity index (χ4v) is 2.77. The smallest absolute Gasteiger partial charge is 0.0513 e. The average Bonchev–Trinajstić information content (AvgIpc) is 2.67. The Balaban J connectivity index is 0.000000791. The third kappa shape index (κ3) is 9.48. The molecule has 0 spiro atoms. The highest BCUT2D eigenvalue weighted by Gasteiger charge is 2.14. The van der Waals surface area contributed by atoms with Crippen LogP contribution in [0.5, 0.6) is 0 Å². The van der Waals surface area contributed by atoms with Crippen LogP contribution in [0.1, 0.15) is 77.1 Å². The Morgan fingerprint density at radius 1 is 0.900 bits per heavy atom. The molecule has 0 aliphatic rings. The van der Waals surface area contributed by atoms with E-state index in [1.807, 2.05) is 31.2 Å². The Morgan fingerprint density at radius 2 is 1.33 bits per heavy atom. The maximum Gasteiger partial charge on any atom is 0.0513 e. The number of hydrogen-bond donors (Lipinski definition) is 0. The Morgan fingerprint density at radius 3 is 1.70 bits per heavy atom. The van der Waals surface area contributed by atoms with Crippen molar-refractivity contribution in [2.75, 3.05) is 4.90 Å². The summed E-state index contributed by atoms with van der Waals surface area (Å²) in [4.78, 5) is 2.18. The van der Waals surface area contributed by atoms with E-state index in [1.54, 1.807) is 0 Å². The molecule has 0 amide bonds. The van der Waals surface area contributed by atoms with Crippen molar-refractivity contribution < 1.29 is 0 Å². The third-order valence-electron chi connectivity index (χ3n) is 4.91. The number of rotatable bonds is 5. The normalized spacial score (nSPS) is 10.4. The van der Waals surface area contributed by atoms with Crippen molar-refractivity contribution in [2.24, 2.45) is 11.8 Å². The lowest BCUT2D eigenvalue weighted by Crippen LogP contribution is -2.16. The van der Waals surface area contributed by atoms with E-state index in [0.29, 0.717) is 0 Å². The van der Waals surface area contributed by atoms with Crippen LogP contribution >= 0.6 is 0 Å². The minimum Gasteiger partial charge on any atom is -0.317 e. The van der Waals surface area contributed by atoms with Gasteiger partial charge >= 0.3 is 0 Å². The van der Waals surface area contributed by atoms with Gasteiger partial charge in [-0.1, -0.05) is 109 Å². The van der Waals surface area contributed by atoms with Crippen LogP contribution < -0.4 is 4.90 Å². The van der Waals surface area contributed by atoms with Gasteiger partial charge in [-0.2, -0.15) is 0 Å². The zero-order valence-electron chi connectivity index (χ0n) is 21.2. The standard InChI is InChI=1S/C20H23N.C6H14.C3H8/c1-6-12-21(18(5)19-10-8-7-9-11-19)20-16(3)13-15(2)14-17(20)4;1-5(2)6(3)4;1-3-2/h6-14H,5H2,1-4H3;5-6H,1-4H3;3H2,1-2H3/b12-6-;;. The predicted octanol–water partition coefficient (Wildman–Crippen LogP) is 9.34. The lowest BCUT2D eigenvalue weighted by molar-refractivity contribution is 0.457. The van der Waals surface area contributed by atoms with Gasteiger partial charge in [0.05, 0.1) is 5.69 Å². The summed E-state index contributed by atoms with van der Waals surface area (Å²) in [5.74, 6) is 1.70. The topological polar surface area (TPSA) is 3.24 Å². The van der Waals surface area contributed by atoms with Crippen LogP contribution in [0, 0.1) is 32.6 Å². The largest absolute Gasteiger partial charge is 0.317 e. The average molecular weight is 408 g/mol. The second-order valence-corrected chi connectivity index (χ2v) is 8.61. The van der Waals surface area contributed by atoms with E-state index in [1.165, 1.54) is 28.8 Å². The predicted molar refractivity (Wildman–Crippen MR) is 139 cm³/mol. The maximum atomic E-state index is 4.30. The molecule has 0 aliphatic carbocycles. The number of allylic oxidation sites excluding steroid dienone is 1. The molecule has 2 aromatic carbocycles. The summed E-state index contributed by atoms with van der Waals surface area (Å²) in [6, 6.07) is 14.7.